The number of amides is 2. The summed E-state index contributed by atoms with van der Waals surface area (Å²) in [5.74, 6) is 0.199. The number of aliphatic hydroxyl groups is 1. The van der Waals surface area contributed by atoms with E-state index in [-0.39, 0.29) is 18.1 Å². The third kappa shape index (κ3) is 4.38. The predicted octanol–water partition coefficient (Wildman–Crippen LogP) is 3.42. The molecule has 0 saturated heterocycles. The fourth-order valence-corrected chi connectivity index (χ4v) is 3.35. The van der Waals surface area contributed by atoms with Crippen LogP contribution in [0, 0.1) is 5.92 Å². The van der Waals surface area contributed by atoms with Crippen molar-refractivity contribution in [1.82, 2.24) is 4.90 Å². The molecule has 2 N–H and O–H groups in total. The summed E-state index contributed by atoms with van der Waals surface area (Å²) in [5.41, 5.74) is 0.839. The third-order valence-electron chi connectivity index (χ3n) is 4.07. The van der Waals surface area contributed by atoms with Crippen LogP contribution in [0.5, 0.6) is 0 Å². The number of thioether (sulfide) groups is 1. The summed E-state index contributed by atoms with van der Waals surface area (Å²) in [7, 11) is 1.79. The number of hydrogen-bond donors (Lipinski definition) is 2. The summed E-state index contributed by atoms with van der Waals surface area (Å²) in [4.78, 5) is 15.0. The number of nitrogens with one attached hydrogen (secondary N) is 1. The smallest absolute Gasteiger partial charge is 0.321 e. The first-order chi connectivity index (χ1) is 10.1. The number of carbonyl (C=O) groups excluding carboxylic acids is 1. The lowest BCUT2D eigenvalue weighted by Gasteiger charge is -2.31. The van der Waals surface area contributed by atoms with Gasteiger partial charge in [0.05, 0.1) is 11.8 Å². The number of benzene rings is 1. The summed E-state index contributed by atoms with van der Waals surface area (Å²) >= 11 is 1.61. The van der Waals surface area contributed by atoms with Crippen LogP contribution in [0.4, 0.5) is 10.5 Å². The van der Waals surface area contributed by atoms with Crippen molar-refractivity contribution >= 4 is 23.5 Å². The molecule has 0 radical (unpaired) electrons. The standard InChI is InChI=1S/C16H24N2O2S/c1-18(11-12-7-3-5-9-14(12)19)16(20)17-13-8-4-6-10-15(13)21-2/h4,6,8,10,12,14,19H,3,5,7,9,11H2,1-2H3,(H,17,20). The van der Waals surface area contributed by atoms with Crippen LogP contribution in [0.25, 0.3) is 0 Å². The molecule has 1 aliphatic carbocycles. The van der Waals surface area contributed by atoms with E-state index in [4.69, 9.17) is 0 Å². The number of nitrogens with zero attached hydrogens (tertiary/aromatic N) is 1. The van der Waals surface area contributed by atoms with Crippen LogP contribution in [0.1, 0.15) is 25.7 Å². The molecule has 21 heavy (non-hydrogen) atoms. The number of rotatable bonds is 4. The molecule has 2 amide bonds. The largest absolute Gasteiger partial charge is 0.393 e. The first kappa shape index (κ1) is 16.2. The Labute approximate surface area is 130 Å². The minimum absolute atomic E-state index is 0.116. The Bertz CT molecular complexity index is 481. The zero-order chi connectivity index (χ0) is 15.2. The van der Waals surface area contributed by atoms with Gasteiger partial charge in [0.2, 0.25) is 0 Å². The van der Waals surface area contributed by atoms with Crippen molar-refractivity contribution in [1.29, 1.82) is 0 Å². The molecule has 0 aromatic heterocycles. The zero-order valence-electron chi connectivity index (χ0n) is 12.7. The summed E-state index contributed by atoms with van der Waals surface area (Å²) in [5, 5.41) is 13.0. The van der Waals surface area contributed by atoms with Crippen molar-refractivity contribution in [3.05, 3.63) is 24.3 Å². The highest BCUT2D eigenvalue weighted by atomic mass is 32.2. The normalized spacial score (nSPS) is 21.9. The molecule has 0 heterocycles. The average Bonchev–Trinajstić information content (AvgIpc) is 2.50. The van der Waals surface area contributed by atoms with Gasteiger partial charge in [-0.1, -0.05) is 25.0 Å². The minimum Gasteiger partial charge on any atom is -0.393 e. The Kier molecular flexibility index (Phi) is 5.94. The molecule has 1 fully saturated rings. The molecule has 1 aliphatic rings. The molecule has 4 nitrogen and oxygen atoms in total. The van der Waals surface area contributed by atoms with E-state index in [1.165, 1.54) is 0 Å². The Balaban J connectivity index is 1.93. The van der Waals surface area contributed by atoms with Crippen LogP contribution in [0.3, 0.4) is 0 Å². The van der Waals surface area contributed by atoms with Crippen molar-refractivity contribution in [3.63, 3.8) is 0 Å². The van der Waals surface area contributed by atoms with Gasteiger partial charge in [-0.3, -0.25) is 0 Å². The molecule has 5 heteroatoms. The van der Waals surface area contributed by atoms with Gasteiger partial charge in [0, 0.05) is 24.4 Å². The van der Waals surface area contributed by atoms with Gasteiger partial charge in [-0.15, -0.1) is 11.8 Å². The predicted molar refractivity (Wildman–Crippen MR) is 87.8 cm³/mol. The SMILES string of the molecule is CSc1ccccc1NC(=O)N(C)CC1CCCCC1O. The Morgan fingerprint density at radius 3 is 2.81 bits per heavy atom. The maximum absolute atomic E-state index is 12.3. The average molecular weight is 308 g/mol. The second-order valence-electron chi connectivity index (χ2n) is 5.62. The van der Waals surface area contributed by atoms with E-state index in [1.807, 2.05) is 30.5 Å². The molecule has 1 aromatic carbocycles. The van der Waals surface area contributed by atoms with E-state index < -0.39 is 0 Å². The maximum Gasteiger partial charge on any atom is 0.321 e. The monoisotopic (exact) mass is 308 g/mol. The molecule has 0 aliphatic heterocycles. The quantitative estimate of drug-likeness (QED) is 0.838. The fourth-order valence-electron chi connectivity index (χ4n) is 2.79. The van der Waals surface area contributed by atoms with Crippen molar-refractivity contribution in [2.24, 2.45) is 5.92 Å². The number of hydrogen-bond acceptors (Lipinski definition) is 3. The van der Waals surface area contributed by atoms with Crippen LogP contribution in [-0.4, -0.2) is 42.0 Å². The minimum atomic E-state index is -0.271. The second-order valence-corrected chi connectivity index (χ2v) is 6.47. The lowest BCUT2D eigenvalue weighted by Crippen LogP contribution is -2.40. The van der Waals surface area contributed by atoms with Gasteiger partial charge in [0.1, 0.15) is 0 Å². The summed E-state index contributed by atoms with van der Waals surface area (Å²) in [6.07, 6.45) is 5.82. The van der Waals surface area contributed by atoms with E-state index in [9.17, 15) is 9.90 Å². The van der Waals surface area contributed by atoms with Crippen LogP contribution in [0.2, 0.25) is 0 Å². The summed E-state index contributed by atoms with van der Waals surface area (Å²) in [6, 6.07) is 7.66. The molecule has 2 atom stereocenters. The Hall–Kier alpha value is -1.20. The van der Waals surface area contributed by atoms with Gasteiger partial charge in [0.15, 0.2) is 0 Å². The molecule has 1 saturated carbocycles. The molecule has 1 aromatic rings. The first-order valence-electron chi connectivity index (χ1n) is 7.45. The molecule has 2 rings (SSSR count). The van der Waals surface area contributed by atoms with Crippen LogP contribution in [0.15, 0.2) is 29.2 Å². The van der Waals surface area contributed by atoms with Crippen LogP contribution < -0.4 is 5.32 Å². The van der Waals surface area contributed by atoms with E-state index >= 15 is 0 Å². The second kappa shape index (κ2) is 7.71. The van der Waals surface area contributed by atoms with Gasteiger partial charge in [-0.05, 0) is 31.2 Å². The maximum atomic E-state index is 12.3. The lowest BCUT2D eigenvalue weighted by molar-refractivity contribution is 0.0575. The summed E-state index contributed by atoms with van der Waals surface area (Å²) < 4.78 is 0. The number of anilines is 1. The van der Waals surface area contributed by atoms with E-state index in [0.29, 0.717) is 6.54 Å². The van der Waals surface area contributed by atoms with Gasteiger partial charge in [-0.2, -0.15) is 0 Å². The van der Waals surface area contributed by atoms with E-state index in [2.05, 4.69) is 5.32 Å². The lowest BCUT2D eigenvalue weighted by atomic mass is 9.86. The number of carbonyl (C=O) groups is 1. The Morgan fingerprint density at radius 1 is 1.38 bits per heavy atom. The van der Waals surface area contributed by atoms with Crippen molar-refractivity contribution in [3.8, 4) is 0 Å². The number of aliphatic hydroxyl groups excluding tert-OH is 1. The van der Waals surface area contributed by atoms with Crippen molar-refractivity contribution < 1.29 is 9.90 Å². The topological polar surface area (TPSA) is 52.6 Å². The van der Waals surface area contributed by atoms with Gasteiger partial charge in [0.25, 0.3) is 0 Å². The van der Waals surface area contributed by atoms with E-state index in [0.717, 1.165) is 36.3 Å². The van der Waals surface area contributed by atoms with Crippen LogP contribution in [-0.2, 0) is 0 Å². The molecular formula is C16H24N2O2S. The molecule has 0 spiro atoms. The molecular weight excluding hydrogens is 284 g/mol. The third-order valence-corrected chi connectivity index (χ3v) is 4.87. The highest BCUT2D eigenvalue weighted by Gasteiger charge is 2.25. The summed E-state index contributed by atoms with van der Waals surface area (Å²) in [6.45, 7) is 0.606. The Morgan fingerprint density at radius 2 is 2.10 bits per heavy atom. The fraction of sp³-hybridized carbons (Fsp3) is 0.562. The zero-order valence-corrected chi connectivity index (χ0v) is 13.5. The van der Waals surface area contributed by atoms with Gasteiger partial charge in [-0.25, -0.2) is 4.79 Å². The van der Waals surface area contributed by atoms with Crippen LogP contribution >= 0.6 is 11.8 Å². The first-order valence-corrected chi connectivity index (χ1v) is 8.67. The van der Waals surface area contributed by atoms with E-state index in [1.54, 1.807) is 23.7 Å². The van der Waals surface area contributed by atoms with Gasteiger partial charge < -0.3 is 15.3 Å². The highest BCUT2D eigenvalue weighted by Crippen LogP contribution is 2.26. The number of para-hydroxylation sites is 1. The molecule has 0 bridgehead atoms. The van der Waals surface area contributed by atoms with Gasteiger partial charge >= 0.3 is 6.03 Å². The highest BCUT2D eigenvalue weighted by molar-refractivity contribution is 7.98. The molecule has 2 unspecified atom stereocenters. The van der Waals surface area contributed by atoms with Crippen molar-refractivity contribution in [2.75, 3.05) is 25.2 Å². The molecule has 116 valence electrons. The van der Waals surface area contributed by atoms with Crippen molar-refractivity contribution in [2.45, 2.75) is 36.7 Å². The number of urea groups is 1.